The number of carbonyl (C=O) groups is 3. The molecule has 0 aromatic heterocycles. The van der Waals surface area contributed by atoms with Crippen LogP contribution >= 0.6 is 0 Å². The van der Waals surface area contributed by atoms with Gasteiger partial charge in [-0.1, -0.05) is 68.3 Å². The zero-order valence-electron chi connectivity index (χ0n) is 38.3. The first kappa shape index (κ1) is 50.0. The molecule has 2 aromatic rings. The minimum Gasteiger partial charge on any atom is -0.507 e. The van der Waals surface area contributed by atoms with Gasteiger partial charge in [-0.3, -0.25) is 14.4 Å². The first-order valence-electron chi connectivity index (χ1n) is 21.1. The number of fused-ring (bicyclic) bond motifs is 14. The van der Waals surface area contributed by atoms with Crippen LogP contribution < -0.4 is 10.1 Å². The molecule has 15 nitrogen and oxygen atoms in total. The van der Waals surface area contributed by atoms with Crippen LogP contribution in [-0.4, -0.2) is 93.3 Å². The van der Waals surface area contributed by atoms with Crippen molar-refractivity contribution in [1.82, 2.24) is 0 Å². The van der Waals surface area contributed by atoms with Crippen LogP contribution in [0.2, 0.25) is 0 Å². The van der Waals surface area contributed by atoms with Gasteiger partial charge >= 0.3 is 11.8 Å². The smallest absolute Gasteiger partial charge is 0.312 e. The van der Waals surface area contributed by atoms with Crippen LogP contribution in [0.3, 0.4) is 0 Å². The van der Waals surface area contributed by atoms with Crippen LogP contribution in [-0.2, 0) is 28.6 Å². The summed E-state index contributed by atoms with van der Waals surface area (Å²) in [5.41, 5.74) is 1.64. The summed E-state index contributed by atoms with van der Waals surface area (Å²) >= 11 is 0. The van der Waals surface area contributed by atoms with Crippen molar-refractivity contribution in [2.45, 2.75) is 119 Å². The van der Waals surface area contributed by atoms with Gasteiger partial charge in [-0.05, 0) is 59.6 Å². The highest BCUT2D eigenvalue weighted by atomic mass is 16.7. The van der Waals surface area contributed by atoms with Gasteiger partial charge in [0.15, 0.2) is 5.75 Å². The zero-order chi connectivity index (χ0) is 47.1. The Balaban J connectivity index is 1.91. The number of hydrogen-bond donors (Lipinski definition) is 6. The van der Waals surface area contributed by atoms with Gasteiger partial charge in [0.1, 0.15) is 30.0 Å². The molecule has 6 N–H and O–H groups in total. The molecule has 0 radical (unpaired) electrons. The lowest BCUT2D eigenvalue weighted by atomic mass is 9.78. The number of nitrogens with zero attached hydrogens (tertiary/aromatic N) is 1. The number of oxime groups is 1. The number of nitrogens with one attached hydrogen (secondary N) is 1. The molecule has 15 heteroatoms. The molecule has 0 fully saturated rings. The molecular weight excluding hydrogens is 813 g/mol. The summed E-state index contributed by atoms with van der Waals surface area (Å²) in [4.78, 5) is 46.0. The maximum absolute atomic E-state index is 14.4. The molecule has 0 saturated heterocycles. The van der Waals surface area contributed by atoms with Crippen molar-refractivity contribution in [2.24, 2.45) is 28.8 Å². The number of Topliss-reactive ketones (excluding diaryl/α,β-unsaturated/α-hetero) is 1. The van der Waals surface area contributed by atoms with Crippen molar-refractivity contribution >= 4 is 40.3 Å². The quantitative estimate of drug-likeness (QED) is 0.0270. The highest BCUT2D eigenvalue weighted by Crippen LogP contribution is 2.55. The van der Waals surface area contributed by atoms with E-state index in [2.05, 4.69) is 16.5 Å². The monoisotopic (exact) mass is 876 g/mol. The summed E-state index contributed by atoms with van der Waals surface area (Å²) in [6.07, 6.45) is 10.2. The van der Waals surface area contributed by atoms with Crippen LogP contribution in [0.25, 0.3) is 10.8 Å². The second-order valence-electron chi connectivity index (χ2n) is 17.0. The highest BCUT2D eigenvalue weighted by molar-refractivity contribution is 6.23. The Morgan fingerprint density at radius 2 is 1.60 bits per heavy atom. The summed E-state index contributed by atoms with van der Waals surface area (Å²) < 4.78 is 23.6. The number of allylic oxidation sites excluding steroid dienone is 5. The second kappa shape index (κ2) is 21.2. The number of ketones is 1. The number of phenolic OH excluding ortho intramolecular Hbond substituents is 3. The van der Waals surface area contributed by atoms with E-state index in [0.29, 0.717) is 0 Å². The van der Waals surface area contributed by atoms with Crippen molar-refractivity contribution in [3.8, 4) is 23.0 Å². The summed E-state index contributed by atoms with van der Waals surface area (Å²) in [7, 11) is 1.43. The molecule has 9 atom stereocenters. The number of carbonyl (C=O) groups excluding carboxylic acids is 3. The molecule has 344 valence electrons. The predicted molar refractivity (Wildman–Crippen MR) is 240 cm³/mol. The number of aromatic hydroxyl groups is 3. The van der Waals surface area contributed by atoms with E-state index in [0.717, 1.165) is 24.6 Å². The molecule has 5 bridgehead atoms. The van der Waals surface area contributed by atoms with Crippen LogP contribution in [0.1, 0.15) is 104 Å². The standard InChI is InChI=1S/C48H64N2O13/c1-24(2)15-13-16-25(3)19-22-61-49-23-33-38-43(56)36-35(42(33)55)37-45(31(9)41(36)54)63-48(11,46(37)57)60-21-20-34(59-12)28(6)44(62-32(10)51)30(8)40(53)29(7)39(52)26(4)17-14-18-27(5)47(58)50-38/h14-15,17-21,23,26,28-30,34,39-40,44,52-56H,13,16,22H2,1-12H3,(H,50,58)/b17-14?,21-20?,25-19-,27-18?,49-23?/t26-,28+,29-,30-,34+,39-,40-,44+,48-/m0/s1. The summed E-state index contributed by atoms with van der Waals surface area (Å²) in [6.45, 7) is 18.5. The van der Waals surface area contributed by atoms with Gasteiger partial charge in [0, 0.05) is 61.2 Å². The number of rotatable bonds is 9. The number of anilines is 1. The van der Waals surface area contributed by atoms with Gasteiger partial charge in [-0.25, -0.2) is 0 Å². The van der Waals surface area contributed by atoms with Crippen LogP contribution in [0.5, 0.6) is 23.0 Å². The predicted octanol–water partition coefficient (Wildman–Crippen LogP) is 7.80. The van der Waals surface area contributed by atoms with Gasteiger partial charge in [0.05, 0.1) is 53.0 Å². The molecule has 3 aliphatic rings. The highest BCUT2D eigenvalue weighted by Gasteiger charge is 2.50. The number of amides is 1. The van der Waals surface area contributed by atoms with Crippen LogP contribution in [0.4, 0.5) is 5.69 Å². The molecule has 63 heavy (non-hydrogen) atoms. The molecule has 3 heterocycles. The lowest BCUT2D eigenvalue weighted by Gasteiger charge is -2.38. The van der Waals surface area contributed by atoms with E-state index in [1.807, 2.05) is 26.8 Å². The first-order valence-corrected chi connectivity index (χ1v) is 21.1. The fraction of sp³-hybridized carbons (Fsp3) is 0.500. The summed E-state index contributed by atoms with van der Waals surface area (Å²) in [5.74, 6) is -8.70. The van der Waals surface area contributed by atoms with E-state index in [9.17, 15) is 39.9 Å². The number of phenols is 3. The third kappa shape index (κ3) is 11.1. The zero-order valence-corrected chi connectivity index (χ0v) is 38.3. The number of ether oxygens (including phenoxy) is 4. The van der Waals surface area contributed by atoms with Gasteiger partial charge in [0.2, 0.25) is 0 Å². The van der Waals surface area contributed by atoms with Crippen molar-refractivity contribution in [2.75, 3.05) is 19.0 Å². The van der Waals surface area contributed by atoms with Gasteiger partial charge < -0.3 is 54.6 Å². The van der Waals surface area contributed by atoms with E-state index in [1.54, 1.807) is 39.8 Å². The van der Waals surface area contributed by atoms with Crippen molar-refractivity contribution < 1.29 is 63.7 Å². The van der Waals surface area contributed by atoms with E-state index in [1.165, 1.54) is 58.8 Å². The molecule has 0 unspecified atom stereocenters. The molecule has 2 aromatic carbocycles. The van der Waals surface area contributed by atoms with Crippen LogP contribution in [0.15, 0.2) is 64.6 Å². The average molecular weight is 877 g/mol. The molecule has 0 aliphatic carbocycles. The van der Waals surface area contributed by atoms with Crippen molar-refractivity contribution in [3.63, 3.8) is 0 Å². The number of esters is 1. The van der Waals surface area contributed by atoms with Gasteiger partial charge in [0.25, 0.3) is 11.7 Å². The Labute approximate surface area is 369 Å². The Morgan fingerprint density at radius 1 is 0.921 bits per heavy atom. The Morgan fingerprint density at radius 3 is 2.24 bits per heavy atom. The maximum atomic E-state index is 14.4. The van der Waals surface area contributed by atoms with Crippen LogP contribution in [0, 0.1) is 30.6 Å². The Kier molecular flexibility index (Phi) is 16.8. The van der Waals surface area contributed by atoms with E-state index in [4.69, 9.17) is 23.8 Å². The lowest BCUT2D eigenvalue weighted by Crippen LogP contribution is -2.46. The molecule has 5 rings (SSSR count). The fourth-order valence-corrected chi connectivity index (χ4v) is 7.88. The largest absolute Gasteiger partial charge is 0.507 e. The summed E-state index contributed by atoms with van der Waals surface area (Å²) in [5, 5.41) is 64.4. The number of aliphatic hydroxyl groups excluding tert-OH is 2. The van der Waals surface area contributed by atoms with E-state index < -0.39 is 88.8 Å². The third-order valence-corrected chi connectivity index (χ3v) is 11.9. The van der Waals surface area contributed by atoms with Crippen molar-refractivity contribution in [1.29, 1.82) is 0 Å². The van der Waals surface area contributed by atoms with E-state index >= 15 is 0 Å². The molecule has 1 amide bonds. The molecule has 3 aliphatic heterocycles. The Hall–Kier alpha value is -5.64. The average Bonchev–Trinajstić information content (AvgIpc) is 3.49. The first-order chi connectivity index (χ1) is 29.6. The van der Waals surface area contributed by atoms with Gasteiger partial charge in [-0.15, -0.1) is 0 Å². The lowest BCUT2D eigenvalue weighted by molar-refractivity contribution is -0.160. The summed E-state index contributed by atoms with van der Waals surface area (Å²) in [6, 6.07) is 0. The molecule has 0 spiro atoms. The van der Waals surface area contributed by atoms with Crippen molar-refractivity contribution in [3.05, 3.63) is 76.1 Å². The van der Waals surface area contributed by atoms with Gasteiger partial charge in [-0.2, -0.15) is 0 Å². The number of benzene rings is 2. The number of aliphatic hydroxyl groups is 2. The fourth-order valence-electron chi connectivity index (χ4n) is 7.88. The second-order valence-corrected chi connectivity index (χ2v) is 17.0. The van der Waals surface area contributed by atoms with E-state index in [-0.39, 0.29) is 51.1 Å². The Bertz CT molecular complexity index is 2230. The molecule has 0 saturated carbocycles. The maximum Gasteiger partial charge on any atom is 0.312 e. The topological polar surface area (TPSA) is 223 Å². The normalized spacial score (nSPS) is 27.3. The minimum absolute atomic E-state index is 0.0306. The number of hydrogen-bond acceptors (Lipinski definition) is 14. The molecular formula is C48H64N2O13. The SMILES string of the molecule is CO[C@@H]1C=CO[C@@]2(C)Oc3c(C)c(O)c4c(O)c(c(C=NOC/C=C(/C)CCC=C(C)C)c(O)c4c3C2=O)NC(=O)C(C)=CC=C[C@H](C)[C@H](O)[C@H](C)[C@H](O)[C@H](C)[C@H](OC(C)=O)[C@@H]1C. The minimum atomic E-state index is -2.07. The third-order valence-electron chi connectivity index (χ3n) is 11.9. The number of methoxy groups -OCH3 is 1.